The highest BCUT2D eigenvalue weighted by atomic mass is 16.3. The Bertz CT molecular complexity index is 485. The molecule has 1 aromatic rings. The Morgan fingerprint density at radius 1 is 1.39 bits per heavy atom. The standard InChI is InChI=1S/C15H19NO2/c1-10(2)7-14(17)8-12(4)13-6-5-11(3)15(9-13)16-18/h5-7,9,12H,8H2,1-4H3. The summed E-state index contributed by atoms with van der Waals surface area (Å²) in [5.74, 6) is 0.206. The van der Waals surface area contributed by atoms with Crippen LogP contribution in [0.2, 0.25) is 0 Å². The van der Waals surface area contributed by atoms with Gasteiger partial charge in [0.05, 0.1) is 0 Å². The van der Waals surface area contributed by atoms with Gasteiger partial charge in [-0.15, -0.1) is 4.91 Å². The summed E-state index contributed by atoms with van der Waals surface area (Å²) in [5, 5.41) is 2.99. The van der Waals surface area contributed by atoms with Crippen molar-refractivity contribution in [2.75, 3.05) is 0 Å². The molecule has 3 heteroatoms. The van der Waals surface area contributed by atoms with Crippen molar-refractivity contribution in [1.82, 2.24) is 0 Å². The lowest BCUT2D eigenvalue weighted by atomic mass is 9.94. The predicted octanol–water partition coefficient (Wildman–Crippen LogP) is 4.42. The summed E-state index contributed by atoms with van der Waals surface area (Å²) in [6, 6.07) is 5.58. The largest absolute Gasteiger partial charge is 0.295 e. The second kappa shape index (κ2) is 6.24. The van der Waals surface area contributed by atoms with Crippen molar-refractivity contribution in [3.8, 4) is 0 Å². The lowest BCUT2D eigenvalue weighted by Crippen LogP contribution is -2.02. The predicted molar refractivity (Wildman–Crippen MR) is 74.1 cm³/mol. The van der Waals surface area contributed by atoms with Crippen LogP contribution < -0.4 is 0 Å². The fourth-order valence-electron chi connectivity index (χ4n) is 1.83. The highest BCUT2D eigenvalue weighted by Gasteiger charge is 2.11. The molecule has 96 valence electrons. The van der Waals surface area contributed by atoms with Gasteiger partial charge in [0.1, 0.15) is 5.69 Å². The monoisotopic (exact) mass is 245 g/mol. The van der Waals surface area contributed by atoms with Crippen molar-refractivity contribution < 1.29 is 4.79 Å². The summed E-state index contributed by atoms with van der Waals surface area (Å²) in [6.45, 7) is 7.64. The van der Waals surface area contributed by atoms with Gasteiger partial charge in [0.15, 0.2) is 5.78 Å². The van der Waals surface area contributed by atoms with E-state index in [4.69, 9.17) is 0 Å². The highest BCUT2D eigenvalue weighted by Crippen LogP contribution is 2.26. The third kappa shape index (κ3) is 3.91. The Hall–Kier alpha value is -1.77. The van der Waals surface area contributed by atoms with Gasteiger partial charge in [0.25, 0.3) is 0 Å². The van der Waals surface area contributed by atoms with Gasteiger partial charge in [-0.2, -0.15) is 0 Å². The minimum atomic E-state index is 0.0919. The number of carbonyl (C=O) groups excluding carboxylic acids is 1. The number of ketones is 1. The lowest BCUT2D eigenvalue weighted by Gasteiger charge is -2.11. The van der Waals surface area contributed by atoms with E-state index < -0.39 is 0 Å². The number of hydrogen-bond donors (Lipinski definition) is 0. The molecule has 0 aliphatic rings. The summed E-state index contributed by atoms with van der Waals surface area (Å²) < 4.78 is 0. The smallest absolute Gasteiger partial charge is 0.156 e. The Morgan fingerprint density at radius 3 is 2.61 bits per heavy atom. The van der Waals surface area contributed by atoms with Crippen LogP contribution in [0.3, 0.4) is 0 Å². The van der Waals surface area contributed by atoms with E-state index in [9.17, 15) is 9.70 Å². The van der Waals surface area contributed by atoms with E-state index in [0.29, 0.717) is 12.1 Å². The van der Waals surface area contributed by atoms with E-state index >= 15 is 0 Å². The average Bonchev–Trinajstić information content (AvgIpc) is 2.28. The summed E-state index contributed by atoms with van der Waals surface area (Å²) in [4.78, 5) is 22.3. The molecule has 0 amide bonds. The van der Waals surface area contributed by atoms with Gasteiger partial charge in [-0.25, -0.2) is 0 Å². The molecule has 0 N–H and O–H groups in total. The number of carbonyl (C=O) groups is 1. The first kappa shape index (κ1) is 14.3. The average molecular weight is 245 g/mol. The van der Waals surface area contributed by atoms with Gasteiger partial charge >= 0.3 is 0 Å². The fraction of sp³-hybridized carbons (Fsp3) is 0.400. The van der Waals surface area contributed by atoms with Crippen LogP contribution in [-0.2, 0) is 4.79 Å². The Labute approximate surface area is 108 Å². The highest BCUT2D eigenvalue weighted by molar-refractivity contribution is 5.90. The number of allylic oxidation sites excluding steroid dienone is 2. The molecule has 0 heterocycles. The molecule has 18 heavy (non-hydrogen) atoms. The number of hydrogen-bond acceptors (Lipinski definition) is 3. The first-order valence-corrected chi connectivity index (χ1v) is 6.05. The zero-order chi connectivity index (χ0) is 13.7. The van der Waals surface area contributed by atoms with Crippen LogP contribution in [0.25, 0.3) is 0 Å². The second-order valence-electron chi connectivity index (χ2n) is 4.93. The maximum atomic E-state index is 11.7. The van der Waals surface area contributed by atoms with Crippen molar-refractivity contribution in [2.24, 2.45) is 5.18 Å². The molecule has 3 nitrogen and oxygen atoms in total. The van der Waals surface area contributed by atoms with Crippen molar-refractivity contribution in [2.45, 2.75) is 40.0 Å². The van der Waals surface area contributed by atoms with Crippen LogP contribution in [0.5, 0.6) is 0 Å². The molecule has 0 spiro atoms. The van der Waals surface area contributed by atoms with Crippen LogP contribution in [-0.4, -0.2) is 5.78 Å². The molecule has 0 radical (unpaired) electrons. The van der Waals surface area contributed by atoms with E-state index in [1.165, 1.54) is 0 Å². The van der Waals surface area contributed by atoms with E-state index in [2.05, 4.69) is 5.18 Å². The summed E-state index contributed by atoms with van der Waals surface area (Å²) >= 11 is 0. The number of aryl methyl sites for hydroxylation is 1. The van der Waals surface area contributed by atoms with E-state index in [0.717, 1.165) is 16.7 Å². The molecule has 0 aliphatic carbocycles. The molecule has 0 saturated carbocycles. The summed E-state index contributed by atoms with van der Waals surface area (Å²) in [7, 11) is 0. The van der Waals surface area contributed by atoms with Gasteiger partial charge < -0.3 is 0 Å². The van der Waals surface area contributed by atoms with Crippen LogP contribution in [0.1, 0.15) is 44.2 Å². The van der Waals surface area contributed by atoms with Crippen molar-refractivity contribution in [3.05, 3.63) is 45.9 Å². The van der Waals surface area contributed by atoms with Gasteiger partial charge in [0, 0.05) is 6.42 Å². The van der Waals surface area contributed by atoms with Crippen LogP contribution in [0.15, 0.2) is 35.0 Å². The first-order chi connectivity index (χ1) is 8.43. The van der Waals surface area contributed by atoms with Crippen molar-refractivity contribution in [3.63, 3.8) is 0 Å². The molecule has 1 rings (SSSR count). The van der Waals surface area contributed by atoms with E-state index in [-0.39, 0.29) is 11.7 Å². The molecule has 1 aromatic carbocycles. The third-order valence-corrected chi connectivity index (χ3v) is 2.86. The van der Waals surface area contributed by atoms with E-state index in [1.54, 1.807) is 12.1 Å². The minimum Gasteiger partial charge on any atom is -0.295 e. The topological polar surface area (TPSA) is 46.5 Å². The van der Waals surface area contributed by atoms with Gasteiger partial charge in [0.2, 0.25) is 0 Å². The van der Waals surface area contributed by atoms with E-state index in [1.807, 2.05) is 39.8 Å². The quantitative estimate of drug-likeness (QED) is 0.569. The molecule has 0 bridgehead atoms. The van der Waals surface area contributed by atoms with Gasteiger partial charge in [-0.1, -0.05) is 24.6 Å². The molecular weight excluding hydrogens is 226 g/mol. The Balaban J connectivity index is 2.84. The Kier molecular flexibility index (Phi) is 4.95. The minimum absolute atomic E-state index is 0.0919. The maximum absolute atomic E-state index is 11.7. The van der Waals surface area contributed by atoms with Crippen LogP contribution >= 0.6 is 0 Å². The van der Waals surface area contributed by atoms with Crippen LogP contribution in [0.4, 0.5) is 5.69 Å². The summed E-state index contributed by atoms with van der Waals surface area (Å²) in [5.41, 5.74) is 3.29. The van der Waals surface area contributed by atoms with Crippen LogP contribution in [0, 0.1) is 11.8 Å². The normalized spacial score (nSPS) is 11.8. The molecule has 0 fully saturated rings. The summed E-state index contributed by atoms with van der Waals surface area (Å²) in [6.07, 6.45) is 2.11. The zero-order valence-electron chi connectivity index (χ0n) is 11.4. The number of nitroso groups, excluding NO2 is 1. The first-order valence-electron chi connectivity index (χ1n) is 6.05. The van der Waals surface area contributed by atoms with Gasteiger partial charge in [-0.3, -0.25) is 4.79 Å². The molecule has 0 saturated heterocycles. The third-order valence-electron chi connectivity index (χ3n) is 2.86. The molecule has 0 aromatic heterocycles. The number of rotatable bonds is 5. The van der Waals surface area contributed by atoms with Crippen molar-refractivity contribution in [1.29, 1.82) is 0 Å². The number of benzene rings is 1. The molecule has 1 unspecified atom stereocenters. The molecule has 1 atom stereocenters. The zero-order valence-corrected chi connectivity index (χ0v) is 11.4. The maximum Gasteiger partial charge on any atom is 0.156 e. The van der Waals surface area contributed by atoms with Gasteiger partial charge in [-0.05, 0) is 55.1 Å². The lowest BCUT2D eigenvalue weighted by molar-refractivity contribution is -0.114. The number of nitrogens with zero attached hydrogens (tertiary/aromatic N) is 1. The molecule has 0 aliphatic heterocycles. The second-order valence-corrected chi connectivity index (χ2v) is 4.93. The molecular formula is C15H19NO2. The Morgan fingerprint density at radius 2 is 2.06 bits per heavy atom. The fourth-order valence-corrected chi connectivity index (χ4v) is 1.83. The van der Waals surface area contributed by atoms with Crippen molar-refractivity contribution >= 4 is 11.5 Å². The SMILES string of the molecule is CC(C)=CC(=O)CC(C)c1ccc(C)c(N=O)c1.